The highest BCUT2D eigenvalue weighted by Gasteiger charge is 2.23. The first-order chi connectivity index (χ1) is 5.67. The number of isocyanates is 1. The lowest BCUT2D eigenvalue weighted by Gasteiger charge is -2.13. The maximum atomic E-state index is 11.0. The molecule has 12 heavy (non-hydrogen) atoms. The van der Waals surface area contributed by atoms with Crippen LogP contribution in [0.25, 0.3) is 0 Å². The van der Waals surface area contributed by atoms with Crippen LogP contribution in [0, 0.1) is 5.92 Å². The van der Waals surface area contributed by atoms with E-state index in [1.54, 1.807) is 0 Å². The maximum Gasteiger partial charge on any atom is 0.331 e. The number of methoxy groups -OCH3 is 1. The summed E-state index contributed by atoms with van der Waals surface area (Å²) in [6.45, 7) is 3.75. The zero-order chi connectivity index (χ0) is 9.56. The van der Waals surface area contributed by atoms with Crippen molar-refractivity contribution >= 4 is 12.0 Å². The Balaban J connectivity index is 4.42. The predicted molar refractivity (Wildman–Crippen MR) is 43.4 cm³/mol. The van der Waals surface area contributed by atoms with E-state index < -0.39 is 12.0 Å². The van der Waals surface area contributed by atoms with Crippen LogP contribution in [0.3, 0.4) is 0 Å². The standard InChI is InChI=1S/C8H13NO3/c1-4-6(2)7(9-5-10)8(11)12-3/h6-7H,4H2,1-3H3/t6?,7-/m0/s1. The van der Waals surface area contributed by atoms with E-state index in [9.17, 15) is 9.59 Å². The summed E-state index contributed by atoms with van der Waals surface area (Å²) in [6, 6.07) is -0.697. The van der Waals surface area contributed by atoms with Gasteiger partial charge in [-0.1, -0.05) is 20.3 Å². The molecule has 0 fully saturated rings. The number of esters is 1. The first-order valence-corrected chi connectivity index (χ1v) is 3.82. The number of carbonyl (C=O) groups is 1. The van der Waals surface area contributed by atoms with Crippen LogP contribution in [0.1, 0.15) is 20.3 Å². The maximum absolute atomic E-state index is 11.0. The van der Waals surface area contributed by atoms with Crippen LogP contribution in [-0.4, -0.2) is 25.2 Å². The van der Waals surface area contributed by atoms with Crippen molar-refractivity contribution < 1.29 is 14.3 Å². The van der Waals surface area contributed by atoms with Crippen LogP contribution in [0.2, 0.25) is 0 Å². The molecule has 0 aromatic carbocycles. The molecule has 0 aliphatic carbocycles. The van der Waals surface area contributed by atoms with Crippen molar-refractivity contribution in [3.63, 3.8) is 0 Å². The van der Waals surface area contributed by atoms with Crippen LogP contribution in [0.4, 0.5) is 0 Å². The van der Waals surface area contributed by atoms with Gasteiger partial charge in [0.15, 0.2) is 6.04 Å². The van der Waals surface area contributed by atoms with Gasteiger partial charge in [0, 0.05) is 0 Å². The Hall–Kier alpha value is -1.15. The van der Waals surface area contributed by atoms with Gasteiger partial charge in [-0.25, -0.2) is 9.59 Å². The lowest BCUT2D eigenvalue weighted by molar-refractivity contribution is -0.143. The molecule has 0 amide bonds. The van der Waals surface area contributed by atoms with Gasteiger partial charge in [-0.3, -0.25) is 0 Å². The third-order valence-electron chi connectivity index (χ3n) is 1.82. The van der Waals surface area contributed by atoms with Gasteiger partial charge in [0.1, 0.15) is 0 Å². The molecule has 0 aromatic rings. The predicted octanol–water partition coefficient (Wildman–Crippen LogP) is 0.910. The van der Waals surface area contributed by atoms with Gasteiger partial charge in [0.05, 0.1) is 7.11 Å². The highest BCUT2D eigenvalue weighted by Crippen LogP contribution is 2.11. The minimum atomic E-state index is -0.697. The summed E-state index contributed by atoms with van der Waals surface area (Å²) < 4.78 is 4.48. The Morgan fingerprint density at radius 3 is 2.58 bits per heavy atom. The SMILES string of the molecule is CCC(C)[C@H](N=C=O)C(=O)OC. The summed E-state index contributed by atoms with van der Waals surface area (Å²) in [6.07, 6.45) is 2.14. The summed E-state index contributed by atoms with van der Waals surface area (Å²) in [7, 11) is 1.28. The van der Waals surface area contributed by atoms with Crippen LogP contribution in [0.5, 0.6) is 0 Å². The van der Waals surface area contributed by atoms with Crippen LogP contribution in [0.15, 0.2) is 4.99 Å². The number of carbonyl (C=O) groups excluding carboxylic acids is 2. The lowest BCUT2D eigenvalue weighted by atomic mass is 10.0. The van der Waals surface area contributed by atoms with Crippen LogP contribution < -0.4 is 0 Å². The molecule has 2 atom stereocenters. The molecule has 0 bridgehead atoms. The third-order valence-corrected chi connectivity index (χ3v) is 1.82. The lowest BCUT2D eigenvalue weighted by Crippen LogP contribution is -2.26. The van der Waals surface area contributed by atoms with Crippen LogP contribution in [-0.2, 0) is 14.3 Å². The number of hydrogen-bond acceptors (Lipinski definition) is 4. The monoisotopic (exact) mass is 171 g/mol. The average Bonchev–Trinajstić information content (AvgIpc) is 2.11. The molecule has 4 heteroatoms. The second kappa shape index (κ2) is 5.49. The van der Waals surface area contributed by atoms with Crippen molar-refractivity contribution in [3.8, 4) is 0 Å². The van der Waals surface area contributed by atoms with E-state index in [-0.39, 0.29) is 5.92 Å². The highest BCUT2D eigenvalue weighted by molar-refractivity contribution is 5.77. The molecule has 0 rings (SSSR count). The van der Waals surface area contributed by atoms with E-state index in [1.807, 2.05) is 13.8 Å². The number of hydrogen-bond donors (Lipinski definition) is 0. The summed E-state index contributed by atoms with van der Waals surface area (Å²) in [5.74, 6) is -0.466. The van der Waals surface area contributed by atoms with E-state index in [0.717, 1.165) is 6.42 Å². The topological polar surface area (TPSA) is 55.7 Å². The molecular weight excluding hydrogens is 158 g/mol. The molecular formula is C8H13NO3. The zero-order valence-electron chi connectivity index (χ0n) is 7.53. The van der Waals surface area contributed by atoms with Gasteiger partial charge in [0.25, 0.3) is 0 Å². The largest absolute Gasteiger partial charge is 0.467 e. The van der Waals surface area contributed by atoms with Crippen molar-refractivity contribution in [1.29, 1.82) is 0 Å². The highest BCUT2D eigenvalue weighted by atomic mass is 16.5. The Morgan fingerprint density at radius 1 is 1.67 bits per heavy atom. The van der Waals surface area contributed by atoms with E-state index in [2.05, 4.69) is 9.73 Å². The van der Waals surface area contributed by atoms with Crippen molar-refractivity contribution in [2.75, 3.05) is 7.11 Å². The first-order valence-electron chi connectivity index (χ1n) is 3.82. The minimum absolute atomic E-state index is 0.0129. The van der Waals surface area contributed by atoms with E-state index in [0.29, 0.717) is 0 Å². The quantitative estimate of drug-likeness (QED) is 0.359. The fourth-order valence-corrected chi connectivity index (χ4v) is 0.813. The van der Waals surface area contributed by atoms with E-state index in [1.165, 1.54) is 13.2 Å². The number of rotatable bonds is 4. The molecule has 0 heterocycles. The molecule has 0 aliphatic heterocycles. The molecule has 0 N–H and O–H groups in total. The van der Waals surface area contributed by atoms with Crippen LogP contribution >= 0.6 is 0 Å². The Labute approximate surface area is 71.6 Å². The molecule has 0 radical (unpaired) electrons. The first kappa shape index (κ1) is 10.8. The summed E-state index contributed by atoms with van der Waals surface area (Å²) in [5, 5.41) is 0. The Morgan fingerprint density at radius 2 is 2.25 bits per heavy atom. The Kier molecular flexibility index (Phi) is 4.97. The van der Waals surface area contributed by atoms with Gasteiger partial charge >= 0.3 is 5.97 Å². The number of nitrogens with zero attached hydrogens (tertiary/aromatic N) is 1. The molecule has 0 spiro atoms. The molecule has 1 unspecified atom stereocenters. The fourth-order valence-electron chi connectivity index (χ4n) is 0.813. The zero-order valence-corrected chi connectivity index (χ0v) is 7.53. The average molecular weight is 171 g/mol. The third kappa shape index (κ3) is 2.84. The molecule has 68 valence electrons. The Bertz CT molecular complexity index is 196. The molecule has 0 saturated carbocycles. The van der Waals surface area contributed by atoms with Crippen molar-refractivity contribution in [3.05, 3.63) is 0 Å². The normalized spacial score (nSPS) is 14.2. The van der Waals surface area contributed by atoms with Gasteiger partial charge in [-0.05, 0) is 5.92 Å². The fraction of sp³-hybridized carbons (Fsp3) is 0.750. The van der Waals surface area contributed by atoms with Gasteiger partial charge in [-0.2, -0.15) is 4.99 Å². The minimum Gasteiger partial charge on any atom is -0.467 e. The van der Waals surface area contributed by atoms with Crippen molar-refractivity contribution in [2.24, 2.45) is 10.9 Å². The summed E-state index contributed by atoms with van der Waals surface area (Å²) in [5.41, 5.74) is 0. The van der Waals surface area contributed by atoms with E-state index in [4.69, 9.17) is 0 Å². The molecule has 4 nitrogen and oxygen atoms in total. The smallest absolute Gasteiger partial charge is 0.331 e. The molecule has 0 saturated heterocycles. The van der Waals surface area contributed by atoms with Crippen molar-refractivity contribution in [1.82, 2.24) is 0 Å². The number of ether oxygens (including phenoxy) is 1. The van der Waals surface area contributed by atoms with Gasteiger partial charge < -0.3 is 4.74 Å². The van der Waals surface area contributed by atoms with E-state index >= 15 is 0 Å². The number of aliphatic imine (C=N–C) groups is 1. The molecule has 0 aromatic heterocycles. The van der Waals surface area contributed by atoms with Gasteiger partial charge in [-0.15, -0.1) is 0 Å². The van der Waals surface area contributed by atoms with Gasteiger partial charge in [0.2, 0.25) is 6.08 Å². The summed E-state index contributed by atoms with van der Waals surface area (Å²) in [4.78, 5) is 24.3. The summed E-state index contributed by atoms with van der Waals surface area (Å²) >= 11 is 0. The second-order valence-corrected chi connectivity index (χ2v) is 2.57. The second-order valence-electron chi connectivity index (χ2n) is 2.57. The molecule has 0 aliphatic rings. The van der Waals surface area contributed by atoms with Crippen molar-refractivity contribution in [2.45, 2.75) is 26.3 Å².